The van der Waals surface area contributed by atoms with Crippen LogP contribution in [0.15, 0.2) is 36.8 Å². The van der Waals surface area contributed by atoms with E-state index in [4.69, 9.17) is 0 Å². The number of aromatic nitrogens is 3. The highest BCUT2D eigenvalue weighted by atomic mass is 16.1. The van der Waals surface area contributed by atoms with Gasteiger partial charge in [-0.3, -0.25) is 4.79 Å². The standard InChI is InChI=1S/C16H18N4O/c21-16(13-10-11-4-5-12(13)9-11)19-14-3-1-6-17-15(14)20-8-2-7-18-20/h1-3,6-8,11-13H,4-5,9-10H2,(H,19,21)/t11-,12-,13-/m0/s1. The number of pyridine rings is 1. The highest BCUT2D eigenvalue weighted by Crippen LogP contribution is 2.48. The molecule has 21 heavy (non-hydrogen) atoms. The van der Waals surface area contributed by atoms with Crippen molar-refractivity contribution in [3.8, 4) is 5.82 Å². The summed E-state index contributed by atoms with van der Waals surface area (Å²) in [6.45, 7) is 0. The Morgan fingerprint density at radius 1 is 1.24 bits per heavy atom. The number of hydrogen-bond donors (Lipinski definition) is 1. The first-order chi connectivity index (χ1) is 10.3. The van der Waals surface area contributed by atoms with Crippen LogP contribution in [0, 0.1) is 17.8 Å². The van der Waals surface area contributed by atoms with E-state index in [9.17, 15) is 4.79 Å². The summed E-state index contributed by atoms with van der Waals surface area (Å²) in [5, 5.41) is 7.26. The summed E-state index contributed by atoms with van der Waals surface area (Å²) >= 11 is 0. The lowest BCUT2D eigenvalue weighted by Gasteiger charge is -2.21. The number of nitrogens with one attached hydrogen (secondary N) is 1. The fourth-order valence-corrected chi connectivity index (χ4v) is 3.86. The Morgan fingerprint density at radius 2 is 2.19 bits per heavy atom. The summed E-state index contributed by atoms with van der Waals surface area (Å²) in [7, 11) is 0. The van der Waals surface area contributed by atoms with Gasteiger partial charge in [0, 0.05) is 24.5 Å². The van der Waals surface area contributed by atoms with E-state index < -0.39 is 0 Å². The predicted octanol–water partition coefficient (Wildman–Crippen LogP) is 2.64. The van der Waals surface area contributed by atoms with E-state index in [1.807, 2.05) is 24.4 Å². The molecule has 4 rings (SSSR count). The van der Waals surface area contributed by atoms with Crippen LogP contribution < -0.4 is 5.32 Å². The summed E-state index contributed by atoms with van der Waals surface area (Å²) in [5.41, 5.74) is 0.731. The van der Waals surface area contributed by atoms with Crippen molar-refractivity contribution in [1.82, 2.24) is 14.8 Å². The molecule has 0 spiro atoms. The van der Waals surface area contributed by atoms with Crippen LogP contribution in [-0.2, 0) is 4.79 Å². The van der Waals surface area contributed by atoms with Gasteiger partial charge in [-0.25, -0.2) is 9.67 Å². The van der Waals surface area contributed by atoms with Crippen molar-refractivity contribution in [3.05, 3.63) is 36.8 Å². The molecule has 2 aliphatic rings. The molecule has 0 aromatic carbocycles. The molecule has 0 saturated heterocycles. The molecule has 2 heterocycles. The zero-order valence-corrected chi connectivity index (χ0v) is 11.8. The Labute approximate surface area is 123 Å². The second-order valence-electron chi connectivity index (χ2n) is 6.10. The van der Waals surface area contributed by atoms with E-state index in [0.717, 1.165) is 18.0 Å². The average molecular weight is 282 g/mol. The lowest BCUT2D eigenvalue weighted by molar-refractivity contribution is -0.121. The van der Waals surface area contributed by atoms with E-state index in [2.05, 4.69) is 15.4 Å². The number of rotatable bonds is 3. The fraction of sp³-hybridized carbons (Fsp3) is 0.438. The second-order valence-corrected chi connectivity index (χ2v) is 6.10. The van der Waals surface area contributed by atoms with Gasteiger partial charge in [-0.15, -0.1) is 0 Å². The zero-order valence-electron chi connectivity index (χ0n) is 11.8. The minimum Gasteiger partial charge on any atom is -0.323 e. The molecule has 5 nitrogen and oxygen atoms in total. The highest BCUT2D eigenvalue weighted by molar-refractivity contribution is 5.94. The summed E-state index contributed by atoms with van der Waals surface area (Å²) in [5.74, 6) is 2.34. The van der Waals surface area contributed by atoms with Gasteiger partial charge in [0.2, 0.25) is 5.91 Å². The summed E-state index contributed by atoms with van der Waals surface area (Å²) in [6.07, 6.45) is 10.0. The predicted molar refractivity (Wildman–Crippen MR) is 78.9 cm³/mol. The van der Waals surface area contributed by atoms with Gasteiger partial charge in [0.15, 0.2) is 5.82 Å². The molecule has 3 atom stereocenters. The Bertz CT molecular complexity index is 652. The van der Waals surface area contributed by atoms with Crippen LogP contribution >= 0.6 is 0 Å². The van der Waals surface area contributed by atoms with Crippen LogP contribution in [0.5, 0.6) is 0 Å². The molecule has 0 unspecified atom stereocenters. The average Bonchev–Trinajstić information content (AvgIpc) is 3.25. The van der Waals surface area contributed by atoms with Crippen LogP contribution in [-0.4, -0.2) is 20.7 Å². The molecule has 2 saturated carbocycles. The van der Waals surface area contributed by atoms with Crippen molar-refractivity contribution < 1.29 is 4.79 Å². The lowest BCUT2D eigenvalue weighted by atomic mass is 9.88. The van der Waals surface area contributed by atoms with Gasteiger partial charge < -0.3 is 5.32 Å². The van der Waals surface area contributed by atoms with Crippen LogP contribution in [0.3, 0.4) is 0 Å². The third-order valence-electron chi connectivity index (χ3n) is 4.84. The fourth-order valence-electron chi connectivity index (χ4n) is 3.86. The van der Waals surface area contributed by atoms with Crippen LogP contribution in [0.4, 0.5) is 5.69 Å². The molecule has 0 aliphatic heterocycles. The number of carbonyl (C=O) groups is 1. The molecular weight excluding hydrogens is 264 g/mol. The molecule has 1 amide bonds. The molecule has 5 heteroatoms. The van der Waals surface area contributed by atoms with E-state index in [1.165, 1.54) is 19.3 Å². The number of fused-ring (bicyclic) bond motifs is 2. The first kappa shape index (κ1) is 12.6. The van der Waals surface area contributed by atoms with Crippen LogP contribution in [0.1, 0.15) is 25.7 Å². The molecule has 0 radical (unpaired) electrons. The molecule has 2 aromatic heterocycles. The van der Waals surface area contributed by atoms with Crippen molar-refractivity contribution in [2.24, 2.45) is 17.8 Å². The Morgan fingerprint density at radius 3 is 2.90 bits per heavy atom. The SMILES string of the molecule is O=C(Nc1cccnc1-n1cccn1)[C@H]1C[C@H]2CC[C@H]1C2. The highest BCUT2D eigenvalue weighted by Gasteiger charge is 2.43. The van der Waals surface area contributed by atoms with Gasteiger partial charge in [-0.2, -0.15) is 5.10 Å². The third kappa shape index (κ3) is 2.22. The smallest absolute Gasteiger partial charge is 0.227 e. The zero-order chi connectivity index (χ0) is 14.2. The lowest BCUT2D eigenvalue weighted by Crippen LogP contribution is -2.27. The molecule has 1 N–H and O–H groups in total. The minimum absolute atomic E-state index is 0.142. The third-order valence-corrected chi connectivity index (χ3v) is 4.84. The van der Waals surface area contributed by atoms with E-state index in [-0.39, 0.29) is 11.8 Å². The number of anilines is 1. The van der Waals surface area contributed by atoms with Crippen molar-refractivity contribution in [3.63, 3.8) is 0 Å². The molecule has 2 aromatic rings. The maximum absolute atomic E-state index is 12.6. The number of nitrogens with zero attached hydrogens (tertiary/aromatic N) is 3. The summed E-state index contributed by atoms with van der Waals surface area (Å²) < 4.78 is 1.68. The summed E-state index contributed by atoms with van der Waals surface area (Å²) in [4.78, 5) is 16.9. The van der Waals surface area contributed by atoms with E-state index >= 15 is 0 Å². The molecular formula is C16H18N4O. The molecule has 2 fully saturated rings. The number of amides is 1. The second kappa shape index (κ2) is 4.98. The Hall–Kier alpha value is -2.17. The monoisotopic (exact) mass is 282 g/mol. The van der Waals surface area contributed by atoms with Gasteiger partial charge in [-0.05, 0) is 49.3 Å². The maximum Gasteiger partial charge on any atom is 0.227 e. The van der Waals surface area contributed by atoms with Crippen molar-refractivity contribution in [2.75, 3.05) is 5.32 Å². The molecule has 108 valence electrons. The van der Waals surface area contributed by atoms with Crippen LogP contribution in [0.25, 0.3) is 5.82 Å². The van der Waals surface area contributed by atoms with Crippen molar-refractivity contribution in [1.29, 1.82) is 0 Å². The van der Waals surface area contributed by atoms with E-state index in [0.29, 0.717) is 11.7 Å². The topological polar surface area (TPSA) is 59.8 Å². The normalized spacial score (nSPS) is 27.0. The van der Waals surface area contributed by atoms with Gasteiger partial charge in [0.1, 0.15) is 0 Å². The van der Waals surface area contributed by atoms with Crippen molar-refractivity contribution in [2.45, 2.75) is 25.7 Å². The Balaban J connectivity index is 1.56. The molecule has 2 bridgehead atoms. The summed E-state index contributed by atoms with van der Waals surface area (Å²) in [6, 6.07) is 5.56. The quantitative estimate of drug-likeness (QED) is 0.941. The molecule has 2 aliphatic carbocycles. The van der Waals surface area contributed by atoms with E-state index in [1.54, 1.807) is 17.1 Å². The van der Waals surface area contributed by atoms with Gasteiger partial charge in [-0.1, -0.05) is 6.42 Å². The van der Waals surface area contributed by atoms with Gasteiger partial charge in [0.05, 0.1) is 5.69 Å². The first-order valence-electron chi connectivity index (χ1n) is 7.57. The first-order valence-corrected chi connectivity index (χ1v) is 7.57. The number of hydrogen-bond acceptors (Lipinski definition) is 3. The van der Waals surface area contributed by atoms with Crippen molar-refractivity contribution >= 4 is 11.6 Å². The Kier molecular flexibility index (Phi) is 2.98. The minimum atomic E-state index is 0.142. The van der Waals surface area contributed by atoms with Crippen LogP contribution in [0.2, 0.25) is 0 Å². The maximum atomic E-state index is 12.6. The van der Waals surface area contributed by atoms with Gasteiger partial charge >= 0.3 is 0 Å². The largest absolute Gasteiger partial charge is 0.323 e. The van der Waals surface area contributed by atoms with Gasteiger partial charge in [0.25, 0.3) is 0 Å². The number of carbonyl (C=O) groups excluding carboxylic acids is 1.